The van der Waals surface area contributed by atoms with E-state index in [0.29, 0.717) is 26.0 Å². The maximum atomic E-state index is 11.0. The fourth-order valence-corrected chi connectivity index (χ4v) is 1.48. The van der Waals surface area contributed by atoms with Crippen molar-refractivity contribution in [3.63, 3.8) is 0 Å². The zero-order chi connectivity index (χ0) is 9.52. The van der Waals surface area contributed by atoms with Gasteiger partial charge in [-0.25, -0.2) is 0 Å². The van der Waals surface area contributed by atoms with Gasteiger partial charge < -0.3 is 10.5 Å². The van der Waals surface area contributed by atoms with Gasteiger partial charge in [0.25, 0.3) is 0 Å². The van der Waals surface area contributed by atoms with Crippen LogP contribution in [0.2, 0.25) is 0 Å². The number of hydrogen-bond acceptors (Lipinski definition) is 4. The summed E-state index contributed by atoms with van der Waals surface area (Å²) in [5, 5.41) is 1.96. The van der Waals surface area contributed by atoms with Crippen molar-refractivity contribution < 1.29 is 9.53 Å². The molecule has 2 N–H and O–H groups in total. The molecule has 3 nitrogen and oxygen atoms in total. The summed E-state index contributed by atoms with van der Waals surface area (Å²) in [7, 11) is 0. The predicted octanol–water partition coefficient (Wildman–Crippen LogP) is 1.53. The quantitative estimate of drug-likeness (QED) is 0.732. The molecule has 0 aliphatic heterocycles. The van der Waals surface area contributed by atoms with Crippen molar-refractivity contribution in [2.75, 3.05) is 6.54 Å². The van der Waals surface area contributed by atoms with Crippen LogP contribution in [0.5, 0.6) is 0 Å². The SMILES string of the molecule is NCCCC(=O)OCc1cccs1. The lowest BCUT2D eigenvalue weighted by molar-refractivity contribution is -0.144. The van der Waals surface area contributed by atoms with Gasteiger partial charge in [-0.05, 0) is 24.4 Å². The number of hydrogen-bond donors (Lipinski definition) is 1. The Labute approximate surface area is 81.5 Å². The van der Waals surface area contributed by atoms with Gasteiger partial charge in [-0.2, -0.15) is 0 Å². The normalized spacial score (nSPS) is 9.92. The fraction of sp³-hybridized carbons (Fsp3) is 0.444. The molecule has 1 heterocycles. The Morgan fingerprint density at radius 1 is 1.62 bits per heavy atom. The van der Waals surface area contributed by atoms with Gasteiger partial charge in [-0.3, -0.25) is 4.79 Å². The van der Waals surface area contributed by atoms with Crippen LogP contribution in [0, 0.1) is 0 Å². The molecule has 72 valence electrons. The van der Waals surface area contributed by atoms with Gasteiger partial charge in [-0.15, -0.1) is 11.3 Å². The van der Waals surface area contributed by atoms with E-state index in [1.807, 2.05) is 17.5 Å². The van der Waals surface area contributed by atoms with Crippen LogP contribution in [0.1, 0.15) is 17.7 Å². The standard InChI is InChI=1S/C9H13NO2S/c10-5-1-4-9(11)12-7-8-3-2-6-13-8/h2-3,6H,1,4-5,7,10H2. The molecule has 0 unspecified atom stereocenters. The summed E-state index contributed by atoms with van der Waals surface area (Å²) in [4.78, 5) is 12.1. The zero-order valence-electron chi connectivity index (χ0n) is 7.36. The molecule has 0 aliphatic rings. The zero-order valence-corrected chi connectivity index (χ0v) is 8.18. The van der Waals surface area contributed by atoms with E-state index < -0.39 is 0 Å². The molecule has 0 saturated heterocycles. The highest BCUT2D eigenvalue weighted by atomic mass is 32.1. The molecule has 0 saturated carbocycles. The molecular weight excluding hydrogens is 186 g/mol. The maximum absolute atomic E-state index is 11.0. The third-order valence-electron chi connectivity index (χ3n) is 1.54. The predicted molar refractivity (Wildman–Crippen MR) is 52.4 cm³/mol. The first-order valence-corrected chi connectivity index (χ1v) is 5.09. The third-order valence-corrected chi connectivity index (χ3v) is 2.39. The van der Waals surface area contributed by atoms with Gasteiger partial charge >= 0.3 is 5.97 Å². The number of rotatable bonds is 5. The molecular formula is C9H13NO2S. The Morgan fingerprint density at radius 3 is 3.08 bits per heavy atom. The summed E-state index contributed by atoms with van der Waals surface area (Å²) in [6, 6.07) is 3.88. The molecule has 1 rings (SSSR count). The number of carbonyl (C=O) groups is 1. The van der Waals surface area contributed by atoms with Crippen LogP contribution in [0.25, 0.3) is 0 Å². The minimum atomic E-state index is -0.168. The summed E-state index contributed by atoms with van der Waals surface area (Å²) in [5.74, 6) is -0.168. The average Bonchev–Trinajstić information content (AvgIpc) is 2.64. The molecule has 4 heteroatoms. The van der Waals surface area contributed by atoms with E-state index in [1.54, 1.807) is 11.3 Å². The second-order valence-electron chi connectivity index (χ2n) is 2.63. The lowest BCUT2D eigenvalue weighted by Crippen LogP contribution is -2.07. The molecule has 0 atom stereocenters. The van der Waals surface area contributed by atoms with Gasteiger partial charge in [0.1, 0.15) is 6.61 Å². The third kappa shape index (κ3) is 4.05. The lowest BCUT2D eigenvalue weighted by Gasteiger charge is -2.01. The number of esters is 1. The van der Waals surface area contributed by atoms with E-state index in [2.05, 4.69) is 0 Å². The Morgan fingerprint density at radius 2 is 2.46 bits per heavy atom. The number of carbonyl (C=O) groups excluding carboxylic acids is 1. The van der Waals surface area contributed by atoms with Crippen molar-refractivity contribution in [3.05, 3.63) is 22.4 Å². The molecule has 0 fully saturated rings. The minimum Gasteiger partial charge on any atom is -0.460 e. The van der Waals surface area contributed by atoms with Crippen LogP contribution in [0.15, 0.2) is 17.5 Å². The smallest absolute Gasteiger partial charge is 0.306 e. The van der Waals surface area contributed by atoms with E-state index in [-0.39, 0.29) is 5.97 Å². The van der Waals surface area contributed by atoms with Crippen LogP contribution in [-0.2, 0) is 16.1 Å². The summed E-state index contributed by atoms with van der Waals surface area (Å²) in [5.41, 5.74) is 5.26. The summed E-state index contributed by atoms with van der Waals surface area (Å²) in [6.07, 6.45) is 1.12. The molecule has 0 spiro atoms. The lowest BCUT2D eigenvalue weighted by atomic mass is 10.3. The molecule has 0 radical (unpaired) electrons. The first-order chi connectivity index (χ1) is 6.33. The van der Waals surface area contributed by atoms with Crippen molar-refractivity contribution in [2.24, 2.45) is 5.73 Å². The Balaban J connectivity index is 2.15. The Bertz CT molecular complexity index is 246. The molecule has 0 bridgehead atoms. The summed E-state index contributed by atoms with van der Waals surface area (Å²) in [6.45, 7) is 0.926. The van der Waals surface area contributed by atoms with E-state index in [0.717, 1.165) is 4.88 Å². The first-order valence-electron chi connectivity index (χ1n) is 4.21. The highest BCUT2D eigenvalue weighted by molar-refractivity contribution is 7.09. The van der Waals surface area contributed by atoms with Crippen LogP contribution in [-0.4, -0.2) is 12.5 Å². The van der Waals surface area contributed by atoms with Crippen molar-refractivity contribution >= 4 is 17.3 Å². The van der Waals surface area contributed by atoms with Crippen LogP contribution < -0.4 is 5.73 Å². The van der Waals surface area contributed by atoms with Crippen molar-refractivity contribution in [3.8, 4) is 0 Å². The maximum Gasteiger partial charge on any atom is 0.306 e. The van der Waals surface area contributed by atoms with Gasteiger partial charge in [-0.1, -0.05) is 6.07 Å². The number of ether oxygens (including phenoxy) is 1. The summed E-state index contributed by atoms with van der Waals surface area (Å²) >= 11 is 1.59. The minimum absolute atomic E-state index is 0.168. The van der Waals surface area contributed by atoms with Gasteiger partial charge in [0.15, 0.2) is 0 Å². The fourth-order valence-electron chi connectivity index (χ4n) is 0.865. The largest absolute Gasteiger partial charge is 0.460 e. The second kappa shape index (κ2) is 5.72. The van der Waals surface area contributed by atoms with Gasteiger partial charge in [0, 0.05) is 11.3 Å². The number of thiophene rings is 1. The highest BCUT2D eigenvalue weighted by Gasteiger charge is 2.02. The van der Waals surface area contributed by atoms with E-state index in [4.69, 9.17) is 10.5 Å². The Kier molecular flexibility index (Phi) is 4.49. The van der Waals surface area contributed by atoms with Crippen molar-refractivity contribution in [1.82, 2.24) is 0 Å². The van der Waals surface area contributed by atoms with Crippen molar-refractivity contribution in [2.45, 2.75) is 19.4 Å². The van der Waals surface area contributed by atoms with Crippen LogP contribution in [0.3, 0.4) is 0 Å². The highest BCUT2D eigenvalue weighted by Crippen LogP contribution is 2.10. The Hall–Kier alpha value is -0.870. The monoisotopic (exact) mass is 199 g/mol. The van der Waals surface area contributed by atoms with Gasteiger partial charge in [0.2, 0.25) is 0 Å². The van der Waals surface area contributed by atoms with Crippen molar-refractivity contribution in [1.29, 1.82) is 0 Å². The van der Waals surface area contributed by atoms with E-state index in [9.17, 15) is 4.79 Å². The number of nitrogens with two attached hydrogens (primary N) is 1. The van der Waals surface area contributed by atoms with Crippen LogP contribution >= 0.6 is 11.3 Å². The molecule has 0 aromatic carbocycles. The second-order valence-corrected chi connectivity index (χ2v) is 3.66. The van der Waals surface area contributed by atoms with Crippen LogP contribution in [0.4, 0.5) is 0 Å². The first kappa shape index (κ1) is 10.2. The molecule has 13 heavy (non-hydrogen) atoms. The molecule has 1 aromatic rings. The molecule has 0 amide bonds. The van der Waals surface area contributed by atoms with Gasteiger partial charge in [0.05, 0.1) is 0 Å². The molecule has 1 aromatic heterocycles. The topological polar surface area (TPSA) is 52.3 Å². The van der Waals surface area contributed by atoms with E-state index >= 15 is 0 Å². The molecule has 0 aliphatic carbocycles. The average molecular weight is 199 g/mol. The summed E-state index contributed by atoms with van der Waals surface area (Å²) < 4.78 is 5.00. The van der Waals surface area contributed by atoms with E-state index in [1.165, 1.54) is 0 Å².